The maximum atomic E-state index is 13.3. The molecule has 0 bridgehead atoms. The summed E-state index contributed by atoms with van der Waals surface area (Å²) in [6.07, 6.45) is 3.51. The third kappa shape index (κ3) is 5.43. The molecule has 1 aliphatic carbocycles. The molecular weight excluding hydrogens is 458 g/mol. The van der Waals surface area contributed by atoms with E-state index >= 15 is 0 Å². The highest BCUT2D eigenvalue weighted by Gasteiger charge is 2.64. The number of nitrogens with one attached hydrogen (secondary N) is 3. The Bertz CT molecular complexity index is 1280. The zero-order valence-electron chi connectivity index (χ0n) is 20.7. The highest BCUT2D eigenvalue weighted by atomic mass is 16.6. The van der Waals surface area contributed by atoms with Gasteiger partial charge in [0.25, 0.3) is 0 Å². The van der Waals surface area contributed by atoms with E-state index in [0.717, 1.165) is 22.0 Å². The molecule has 8 heteroatoms. The monoisotopic (exact) mass is 489 g/mol. The summed E-state index contributed by atoms with van der Waals surface area (Å²) in [5.41, 5.74) is 0.679. The molecule has 1 heterocycles. The average molecular weight is 490 g/mol. The van der Waals surface area contributed by atoms with Gasteiger partial charge in [-0.05, 0) is 44.4 Å². The fraction of sp³-hybridized carbons (Fsp3) is 0.321. The molecule has 2 amide bonds. The Balaban J connectivity index is 1.48. The van der Waals surface area contributed by atoms with Gasteiger partial charge in [0.2, 0.25) is 0 Å². The molecule has 1 unspecified atom stereocenters. The van der Waals surface area contributed by atoms with E-state index in [1.165, 1.54) is 6.08 Å². The first-order chi connectivity index (χ1) is 17.1. The molecule has 3 N–H and O–H groups in total. The highest BCUT2D eigenvalue weighted by Crippen LogP contribution is 2.54. The molecule has 1 fully saturated rings. The van der Waals surface area contributed by atoms with Crippen LogP contribution in [0, 0.1) is 0 Å². The smallest absolute Gasteiger partial charge is 0.333 e. The molecule has 3 aromatic rings. The Morgan fingerprint density at radius 3 is 2.53 bits per heavy atom. The number of ether oxygens (including phenoxy) is 2. The number of carbonyl (C=O) groups excluding carboxylic acids is 3. The molecule has 188 valence electrons. The lowest BCUT2D eigenvalue weighted by Crippen LogP contribution is -2.54. The van der Waals surface area contributed by atoms with Crippen LogP contribution in [0.3, 0.4) is 0 Å². The van der Waals surface area contributed by atoms with E-state index in [1.54, 1.807) is 20.8 Å². The van der Waals surface area contributed by atoms with E-state index < -0.39 is 35.2 Å². The van der Waals surface area contributed by atoms with Gasteiger partial charge >= 0.3 is 18.0 Å². The largest absolute Gasteiger partial charge is 0.459 e. The minimum absolute atomic E-state index is 0.0673. The second-order valence-corrected chi connectivity index (χ2v) is 9.92. The van der Waals surface area contributed by atoms with Crippen molar-refractivity contribution in [3.05, 3.63) is 84.6 Å². The summed E-state index contributed by atoms with van der Waals surface area (Å²) >= 11 is 0. The second kappa shape index (κ2) is 9.89. The molecule has 1 saturated carbocycles. The Morgan fingerprint density at radius 2 is 1.83 bits per heavy atom. The van der Waals surface area contributed by atoms with E-state index in [1.807, 2.05) is 60.8 Å². The number of benzene rings is 2. The molecule has 8 nitrogen and oxygen atoms in total. The summed E-state index contributed by atoms with van der Waals surface area (Å²) in [7, 11) is 0. The fourth-order valence-electron chi connectivity index (χ4n) is 4.22. The standard InChI is InChI=1S/C28H31N3O5/c1-5-22(24(32)35-17-18-11-7-6-8-12-18)30-26(34)31-28(25(33)36-27(2,3)4)15-21(28)20-16-29-23-14-10-9-13-19(20)23/h5-14,16,21-22,29H,1,15,17H2,2-4H3,(H2,30,31,34)/t21?,22-,28+/m0/s1. The number of urea groups is 1. The van der Waals surface area contributed by atoms with Gasteiger partial charge in [-0.2, -0.15) is 0 Å². The van der Waals surface area contributed by atoms with Crippen molar-refractivity contribution < 1.29 is 23.9 Å². The number of hydrogen-bond donors (Lipinski definition) is 3. The summed E-state index contributed by atoms with van der Waals surface area (Å²) in [6.45, 7) is 9.03. The van der Waals surface area contributed by atoms with Gasteiger partial charge in [0, 0.05) is 23.0 Å². The van der Waals surface area contributed by atoms with E-state index in [-0.39, 0.29) is 12.5 Å². The molecule has 0 saturated heterocycles. The molecule has 0 spiro atoms. The van der Waals surface area contributed by atoms with Gasteiger partial charge in [0.15, 0.2) is 0 Å². The van der Waals surface area contributed by atoms with Crippen LogP contribution in [0.15, 0.2) is 73.4 Å². The topological polar surface area (TPSA) is 110 Å². The summed E-state index contributed by atoms with van der Waals surface area (Å²) < 4.78 is 11.0. The van der Waals surface area contributed by atoms with Gasteiger partial charge in [-0.15, -0.1) is 6.58 Å². The fourth-order valence-corrected chi connectivity index (χ4v) is 4.22. The van der Waals surface area contributed by atoms with Gasteiger partial charge in [0.05, 0.1) is 0 Å². The van der Waals surface area contributed by atoms with Crippen molar-refractivity contribution >= 4 is 28.9 Å². The number of para-hydroxylation sites is 1. The molecule has 4 rings (SSSR count). The summed E-state index contributed by atoms with van der Waals surface area (Å²) in [4.78, 5) is 42.1. The predicted molar refractivity (Wildman–Crippen MR) is 136 cm³/mol. The molecule has 1 aromatic heterocycles. The van der Waals surface area contributed by atoms with Gasteiger partial charge < -0.3 is 25.1 Å². The lowest BCUT2D eigenvalue weighted by Gasteiger charge is -2.26. The van der Waals surface area contributed by atoms with Crippen LogP contribution >= 0.6 is 0 Å². The zero-order chi connectivity index (χ0) is 25.9. The van der Waals surface area contributed by atoms with Crippen molar-refractivity contribution in [3.8, 4) is 0 Å². The van der Waals surface area contributed by atoms with Crippen molar-refractivity contribution in [2.75, 3.05) is 0 Å². The van der Waals surface area contributed by atoms with Crippen LogP contribution in [-0.4, -0.2) is 40.1 Å². The SMILES string of the molecule is C=C[C@H](NC(=O)N[C@]1(C(=O)OC(C)(C)C)CC1c1c[nH]c2ccccc12)C(=O)OCc1ccccc1. The third-order valence-corrected chi connectivity index (χ3v) is 6.06. The summed E-state index contributed by atoms with van der Waals surface area (Å²) in [5, 5.41) is 6.33. The molecular formula is C28H31N3O5. The number of aromatic nitrogens is 1. The van der Waals surface area contributed by atoms with Crippen LogP contribution in [0.2, 0.25) is 0 Å². The average Bonchev–Trinajstić information content (AvgIpc) is 3.40. The lowest BCUT2D eigenvalue weighted by molar-refractivity contribution is -0.158. The first-order valence-corrected chi connectivity index (χ1v) is 11.8. The summed E-state index contributed by atoms with van der Waals surface area (Å²) in [6, 6.07) is 15.2. The number of hydrogen-bond acceptors (Lipinski definition) is 5. The highest BCUT2D eigenvalue weighted by molar-refractivity contribution is 5.96. The van der Waals surface area contributed by atoms with Gasteiger partial charge in [-0.3, -0.25) is 0 Å². The minimum atomic E-state index is -1.26. The molecule has 36 heavy (non-hydrogen) atoms. The van der Waals surface area contributed by atoms with Crippen molar-refractivity contribution in [3.63, 3.8) is 0 Å². The number of rotatable bonds is 8. The van der Waals surface area contributed by atoms with E-state index in [4.69, 9.17) is 9.47 Å². The van der Waals surface area contributed by atoms with Crippen LogP contribution in [-0.2, 0) is 25.7 Å². The molecule has 3 atom stereocenters. The van der Waals surface area contributed by atoms with Crippen molar-refractivity contribution in [2.45, 2.75) is 56.9 Å². The molecule has 1 aliphatic rings. The molecule has 0 radical (unpaired) electrons. The maximum absolute atomic E-state index is 13.3. The van der Waals surface area contributed by atoms with E-state index in [0.29, 0.717) is 6.42 Å². The number of fused-ring (bicyclic) bond motifs is 1. The predicted octanol–water partition coefficient (Wildman–Crippen LogP) is 4.33. The molecule has 0 aliphatic heterocycles. The Morgan fingerprint density at radius 1 is 1.14 bits per heavy atom. The lowest BCUT2D eigenvalue weighted by atomic mass is 10.0. The van der Waals surface area contributed by atoms with Gasteiger partial charge in [-0.25, -0.2) is 14.4 Å². The normalized spacial score (nSPS) is 19.7. The van der Waals surface area contributed by atoms with Crippen LogP contribution < -0.4 is 10.6 Å². The van der Waals surface area contributed by atoms with Crippen LogP contribution in [0.1, 0.15) is 44.2 Å². The van der Waals surface area contributed by atoms with Crippen LogP contribution in [0.25, 0.3) is 10.9 Å². The van der Waals surface area contributed by atoms with Gasteiger partial charge in [-0.1, -0.05) is 54.6 Å². The second-order valence-electron chi connectivity index (χ2n) is 9.92. The zero-order valence-corrected chi connectivity index (χ0v) is 20.7. The van der Waals surface area contributed by atoms with E-state index in [9.17, 15) is 14.4 Å². The number of amides is 2. The first-order valence-electron chi connectivity index (χ1n) is 11.8. The van der Waals surface area contributed by atoms with Crippen molar-refractivity contribution in [2.24, 2.45) is 0 Å². The van der Waals surface area contributed by atoms with Crippen LogP contribution in [0.4, 0.5) is 4.79 Å². The first kappa shape index (κ1) is 25.0. The Hall–Kier alpha value is -4.07. The van der Waals surface area contributed by atoms with Crippen LogP contribution in [0.5, 0.6) is 0 Å². The Kier molecular flexibility index (Phi) is 6.88. The van der Waals surface area contributed by atoms with Crippen molar-refractivity contribution in [1.29, 1.82) is 0 Å². The number of carbonyl (C=O) groups is 3. The number of aromatic amines is 1. The summed E-state index contributed by atoms with van der Waals surface area (Å²) in [5.74, 6) is -1.47. The number of esters is 2. The number of H-pyrrole nitrogens is 1. The minimum Gasteiger partial charge on any atom is -0.459 e. The van der Waals surface area contributed by atoms with Gasteiger partial charge in [0.1, 0.15) is 23.8 Å². The maximum Gasteiger partial charge on any atom is 0.333 e. The molecule has 2 aromatic carbocycles. The third-order valence-electron chi connectivity index (χ3n) is 6.06. The van der Waals surface area contributed by atoms with Crippen molar-refractivity contribution in [1.82, 2.24) is 15.6 Å². The van der Waals surface area contributed by atoms with E-state index in [2.05, 4.69) is 22.2 Å². The quantitative estimate of drug-likeness (QED) is 0.322. The Labute approximate surface area is 210 Å².